The predicted octanol–water partition coefficient (Wildman–Crippen LogP) is 10.1. The van der Waals surface area contributed by atoms with Crippen molar-refractivity contribution in [2.24, 2.45) is 23.7 Å². The zero-order chi connectivity index (χ0) is 33.7. The van der Waals surface area contributed by atoms with E-state index < -0.39 is 46.5 Å². The molecule has 2 unspecified atom stereocenters. The van der Waals surface area contributed by atoms with E-state index in [-0.39, 0.29) is 55.2 Å². The normalized spacial score (nSPS) is 15.6. The second-order valence-electron chi connectivity index (χ2n) is 11.9. The summed E-state index contributed by atoms with van der Waals surface area (Å²) in [5, 5.41) is -1.46. The van der Waals surface area contributed by atoms with Crippen LogP contribution in [0.2, 0.25) is 30.1 Å². The predicted molar refractivity (Wildman–Crippen MR) is 177 cm³/mol. The first-order chi connectivity index (χ1) is 21.8. The van der Waals surface area contributed by atoms with Crippen LogP contribution in [-0.2, 0) is 19.1 Å². The molecule has 0 heterocycles. The molecular formula is C32H32Cl6O8. The summed E-state index contributed by atoms with van der Waals surface area (Å²) in [5.41, 5.74) is -0.912. The van der Waals surface area contributed by atoms with Crippen LogP contribution in [0, 0.1) is 23.7 Å². The average molecular weight is 757 g/mol. The van der Waals surface area contributed by atoms with E-state index in [9.17, 15) is 19.2 Å². The Morgan fingerprint density at radius 1 is 0.630 bits per heavy atom. The smallest absolute Gasteiger partial charge is 0.423 e. The van der Waals surface area contributed by atoms with Gasteiger partial charge in [-0.2, -0.15) is 0 Å². The second kappa shape index (κ2) is 16.4. The molecule has 0 radical (unpaired) electrons. The van der Waals surface area contributed by atoms with Crippen LogP contribution >= 0.6 is 69.6 Å². The van der Waals surface area contributed by atoms with Crippen molar-refractivity contribution in [3.05, 3.63) is 53.4 Å². The molecule has 4 rings (SSSR count). The molecule has 0 aliphatic heterocycles. The lowest BCUT2D eigenvalue weighted by molar-refractivity contribution is -0.156. The van der Waals surface area contributed by atoms with Crippen LogP contribution in [0.4, 0.5) is 0 Å². The molecule has 0 aromatic heterocycles. The third kappa shape index (κ3) is 10.0. The minimum absolute atomic E-state index is 0.0572. The fraction of sp³-hybridized carbons (Fsp3) is 0.500. The van der Waals surface area contributed by atoms with Crippen molar-refractivity contribution in [2.45, 2.75) is 65.2 Å². The second-order valence-corrected chi connectivity index (χ2v) is 14.3. The van der Waals surface area contributed by atoms with Crippen molar-refractivity contribution < 1.29 is 38.1 Å². The molecule has 0 amide bonds. The van der Waals surface area contributed by atoms with Gasteiger partial charge in [-0.1, -0.05) is 122 Å². The van der Waals surface area contributed by atoms with E-state index in [1.807, 2.05) is 13.8 Å². The molecule has 2 aliphatic rings. The number of ether oxygens (including phenoxy) is 4. The first-order valence-electron chi connectivity index (χ1n) is 14.9. The molecular weight excluding hydrogens is 725 g/mol. The summed E-state index contributed by atoms with van der Waals surface area (Å²) in [7, 11) is 0. The molecule has 2 atom stereocenters. The van der Waals surface area contributed by atoms with Crippen molar-refractivity contribution in [3.63, 3.8) is 0 Å². The highest BCUT2D eigenvalue weighted by atomic mass is 35.5. The summed E-state index contributed by atoms with van der Waals surface area (Å²) >= 11 is 37.3. The SMILES string of the molecule is CC(CCC1CC1)COC(=O)c1c(Cl)c(Cl)cc(Cl)c1OC(=O)C(=O)Oc1c(Cl)cc(Cl)c(Cl)c1C(=O)OCC(C)CCC1CC1. The van der Waals surface area contributed by atoms with Gasteiger partial charge in [0.1, 0.15) is 11.1 Å². The van der Waals surface area contributed by atoms with Crippen molar-refractivity contribution in [1.82, 2.24) is 0 Å². The van der Waals surface area contributed by atoms with E-state index >= 15 is 0 Å². The fourth-order valence-corrected chi connectivity index (χ4v) is 6.03. The maximum absolute atomic E-state index is 13.1. The number of carbonyl (C=O) groups is 4. The molecule has 0 N–H and O–H groups in total. The molecule has 0 saturated heterocycles. The molecule has 2 saturated carbocycles. The summed E-state index contributed by atoms with van der Waals surface area (Å²) in [6.45, 7) is 4.01. The van der Waals surface area contributed by atoms with E-state index in [0.717, 1.165) is 49.7 Å². The van der Waals surface area contributed by atoms with E-state index in [1.165, 1.54) is 25.7 Å². The highest BCUT2D eigenvalue weighted by Crippen LogP contribution is 2.42. The summed E-state index contributed by atoms with van der Waals surface area (Å²) in [6, 6.07) is 2.26. The van der Waals surface area contributed by atoms with Crippen molar-refractivity contribution in [2.75, 3.05) is 13.2 Å². The van der Waals surface area contributed by atoms with E-state index in [4.69, 9.17) is 88.6 Å². The standard InChI is InChI=1S/C32H32Cl6O8/c1-15(3-5-17-7-8-17)13-43-29(39)23-25(37)19(33)11-21(35)27(23)45-31(41)32(42)46-28-22(36)12-20(34)26(38)24(28)30(40)44-14-16(2)4-6-18-9-10-18/h11-12,15-18H,3-10,13-14H2,1-2H3. The Balaban J connectivity index is 1.48. The van der Waals surface area contributed by atoms with Crippen molar-refractivity contribution >= 4 is 93.5 Å². The van der Waals surface area contributed by atoms with Crippen LogP contribution in [0.1, 0.15) is 85.9 Å². The number of hydrogen-bond donors (Lipinski definition) is 0. The lowest BCUT2D eigenvalue weighted by atomic mass is 10.0. The number of hydrogen-bond acceptors (Lipinski definition) is 8. The maximum atomic E-state index is 13.1. The number of halogens is 6. The van der Waals surface area contributed by atoms with Crippen molar-refractivity contribution in [1.29, 1.82) is 0 Å². The van der Waals surface area contributed by atoms with Crippen LogP contribution in [0.25, 0.3) is 0 Å². The fourth-order valence-electron chi connectivity index (χ4n) is 4.59. The largest absolute Gasteiger partial charge is 0.462 e. The molecule has 14 heteroatoms. The molecule has 2 aliphatic carbocycles. The number of rotatable bonds is 14. The van der Waals surface area contributed by atoms with Gasteiger partial charge in [-0.25, -0.2) is 19.2 Å². The Labute approximate surface area is 297 Å². The zero-order valence-electron chi connectivity index (χ0n) is 25.1. The van der Waals surface area contributed by atoms with Crippen LogP contribution in [0.3, 0.4) is 0 Å². The maximum Gasteiger partial charge on any atom is 0.423 e. The summed E-state index contributed by atoms with van der Waals surface area (Å²) in [4.78, 5) is 52.1. The van der Waals surface area contributed by atoms with Gasteiger partial charge in [0.05, 0.1) is 43.3 Å². The topological polar surface area (TPSA) is 105 Å². The lowest BCUT2D eigenvalue weighted by Gasteiger charge is -2.17. The highest BCUT2D eigenvalue weighted by molar-refractivity contribution is 6.47. The molecule has 46 heavy (non-hydrogen) atoms. The minimum atomic E-state index is -1.64. The Hall–Kier alpha value is -1.94. The van der Waals surface area contributed by atoms with Gasteiger partial charge in [0.25, 0.3) is 0 Å². The van der Waals surface area contributed by atoms with Gasteiger partial charge in [0.2, 0.25) is 0 Å². The molecule has 0 bridgehead atoms. The lowest BCUT2D eigenvalue weighted by Crippen LogP contribution is -2.27. The summed E-state index contributed by atoms with van der Waals surface area (Å²) in [5.74, 6) is -4.80. The van der Waals surface area contributed by atoms with Gasteiger partial charge in [-0.05, 0) is 48.6 Å². The van der Waals surface area contributed by atoms with Gasteiger partial charge < -0.3 is 18.9 Å². The summed E-state index contributed by atoms with van der Waals surface area (Å²) < 4.78 is 21.2. The van der Waals surface area contributed by atoms with E-state index in [2.05, 4.69) is 0 Å². The van der Waals surface area contributed by atoms with Gasteiger partial charge >= 0.3 is 23.9 Å². The molecule has 250 valence electrons. The first-order valence-corrected chi connectivity index (χ1v) is 17.2. The van der Waals surface area contributed by atoms with Crippen molar-refractivity contribution in [3.8, 4) is 11.5 Å². The molecule has 2 fully saturated rings. The zero-order valence-corrected chi connectivity index (χ0v) is 29.6. The molecule has 2 aromatic rings. The van der Waals surface area contributed by atoms with Gasteiger partial charge in [0.15, 0.2) is 11.5 Å². The third-order valence-corrected chi connectivity index (χ3v) is 9.88. The average Bonchev–Trinajstić information content (AvgIpc) is 3.94. The number of esters is 4. The van der Waals surface area contributed by atoms with E-state index in [0.29, 0.717) is 0 Å². The van der Waals surface area contributed by atoms with Crippen LogP contribution < -0.4 is 9.47 Å². The van der Waals surface area contributed by atoms with Gasteiger partial charge in [0, 0.05) is 0 Å². The van der Waals surface area contributed by atoms with E-state index in [1.54, 1.807) is 0 Å². The van der Waals surface area contributed by atoms with Gasteiger partial charge in [-0.15, -0.1) is 0 Å². The monoisotopic (exact) mass is 754 g/mol. The van der Waals surface area contributed by atoms with Gasteiger partial charge in [-0.3, -0.25) is 0 Å². The Bertz CT molecular complexity index is 1390. The third-order valence-electron chi connectivity index (χ3n) is 7.74. The number of carbonyl (C=O) groups excluding carboxylic acids is 4. The molecule has 2 aromatic carbocycles. The number of benzene rings is 2. The molecule has 0 spiro atoms. The van der Waals surface area contributed by atoms with Crippen LogP contribution in [0.5, 0.6) is 11.5 Å². The van der Waals surface area contributed by atoms with Crippen LogP contribution in [0.15, 0.2) is 12.1 Å². The minimum Gasteiger partial charge on any atom is -0.462 e. The Morgan fingerprint density at radius 2 is 0.978 bits per heavy atom. The highest BCUT2D eigenvalue weighted by Gasteiger charge is 2.32. The Kier molecular flexibility index (Phi) is 13.2. The molecule has 8 nitrogen and oxygen atoms in total. The summed E-state index contributed by atoms with van der Waals surface area (Å²) in [6.07, 6.45) is 8.64. The van der Waals surface area contributed by atoms with Crippen LogP contribution in [-0.4, -0.2) is 37.1 Å². The first kappa shape index (κ1) is 36.9. The quantitative estimate of drug-likeness (QED) is 0.0812. The Morgan fingerprint density at radius 3 is 1.30 bits per heavy atom.